The van der Waals surface area contributed by atoms with E-state index in [0.29, 0.717) is 18.7 Å². The van der Waals surface area contributed by atoms with E-state index in [9.17, 15) is 24.5 Å². The van der Waals surface area contributed by atoms with Gasteiger partial charge in [0, 0.05) is 23.4 Å². The molecule has 4 heterocycles. The molecular formula is C25H24N4O6. The van der Waals surface area contributed by atoms with Crippen LogP contribution in [-0.4, -0.2) is 47.2 Å². The molecule has 2 aromatic carbocycles. The zero-order chi connectivity index (χ0) is 24.8. The number of carbonyl (C=O) groups excluding carboxylic acids is 3. The van der Waals surface area contributed by atoms with Crippen LogP contribution in [0.25, 0.3) is 0 Å². The number of hydrogen-bond donors (Lipinski definition) is 1. The molecule has 0 aliphatic carbocycles. The number of rotatable bonds is 3. The number of non-ortho nitro benzene ring substituents is 1. The van der Waals surface area contributed by atoms with Gasteiger partial charge in [-0.25, -0.2) is 4.90 Å². The Morgan fingerprint density at radius 1 is 1.14 bits per heavy atom. The number of carbonyl (C=O) groups is 3. The average molecular weight is 476 g/mol. The van der Waals surface area contributed by atoms with Gasteiger partial charge in [-0.1, -0.05) is 17.7 Å². The molecule has 6 rings (SSSR count). The summed E-state index contributed by atoms with van der Waals surface area (Å²) in [6.07, 6.45) is 1.53. The second kappa shape index (κ2) is 7.11. The quantitative estimate of drug-likeness (QED) is 0.411. The number of nitrogens with one attached hydrogen (secondary N) is 1. The summed E-state index contributed by atoms with van der Waals surface area (Å²) in [6.45, 7) is 4.50. The maximum Gasteiger partial charge on any atom is 0.273 e. The fourth-order valence-corrected chi connectivity index (χ4v) is 6.86. The van der Waals surface area contributed by atoms with Crippen molar-refractivity contribution >= 4 is 34.8 Å². The first-order chi connectivity index (χ1) is 16.7. The van der Waals surface area contributed by atoms with Gasteiger partial charge >= 0.3 is 0 Å². The van der Waals surface area contributed by atoms with Crippen LogP contribution in [0.4, 0.5) is 17.1 Å². The fourth-order valence-electron chi connectivity index (χ4n) is 6.86. The van der Waals surface area contributed by atoms with Gasteiger partial charge in [-0.15, -0.1) is 0 Å². The van der Waals surface area contributed by atoms with Crippen molar-refractivity contribution in [3.8, 4) is 5.75 Å². The molecule has 0 radical (unpaired) electrons. The van der Waals surface area contributed by atoms with E-state index in [1.54, 1.807) is 0 Å². The van der Waals surface area contributed by atoms with Crippen molar-refractivity contribution in [2.45, 2.75) is 38.3 Å². The zero-order valence-corrected chi connectivity index (χ0v) is 19.5. The van der Waals surface area contributed by atoms with Crippen LogP contribution in [0.2, 0.25) is 0 Å². The molecule has 1 N–H and O–H groups in total. The first-order valence-electron chi connectivity index (χ1n) is 11.6. The van der Waals surface area contributed by atoms with Crippen LogP contribution in [0.5, 0.6) is 5.75 Å². The van der Waals surface area contributed by atoms with Gasteiger partial charge in [0.15, 0.2) is 0 Å². The van der Waals surface area contributed by atoms with E-state index in [4.69, 9.17) is 4.74 Å². The Morgan fingerprint density at radius 2 is 1.91 bits per heavy atom. The maximum atomic E-state index is 14.1. The SMILES string of the molecule is COc1cc([N+](=O)[O-])ccc1N1C(=O)[C@H]2[C@@H](C1=O)[C@@]1(C(=O)Nc3c(C)cc(C)cc31)N1CCC[C@@H]21. The first-order valence-corrected chi connectivity index (χ1v) is 11.6. The minimum absolute atomic E-state index is 0.0566. The van der Waals surface area contributed by atoms with Crippen molar-refractivity contribution in [1.82, 2.24) is 4.90 Å². The van der Waals surface area contributed by atoms with E-state index in [0.717, 1.165) is 28.0 Å². The summed E-state index contributed by atoms with van der Waals surface area (Å²) in [6, 6.07) is 7.50. The van der Waals surface area contributed by atoms with Crippen molar-refractivity contribution in [2.75, 3.05) is 23.9 Å². The number of benzene rings is 2. The van der Waals surface area contributed by atoms with Gasteiger partial charge < -0.3 is 10.1 Å². The number of methoxy groups -OCH3 is 1. The molecule has 4 aliphatic rings. The summed E-state index contributed by atoms with van der Waals surface area (Å²) in [5.41, 5.74) is 2.02. The number of anilines is 2. The number of ether oxygens (including phenoxy) is 1. The molecule has 3 saturated heterocycles. The van der Waals surface area contributed by atoms with E-state index < -0.39 is 34.1 Å². The normalized spacial score (nSPS) is 28.9. The van der Waals surface area contributed by atoms with E-state index in [-0.39, 0.29) is 29.1 Å². The Bertz CT molecular complexity index is 1360. The fraction of sp³-hybridized carbons (Fsp3) is 0.400. The molecular weight excluding hydrogens is 452 g/mol. The monoisotopic (exact) mass is 476 g/mol. The highest BCUT2D eigenvalue weighted by molar-refractivity contribution is 6.26. The molecule has 2 aromatic rings. The highest BCUT2D eigenvalue weighted by atomic mass is 16.6. The van der Waals surface area contributed by atoms with Crippen LogP contribution in [0, 0.1) is 35.8 Å². The summed E-state index contributed by atoms with van der Waals surface area (Å²) in [5, 5.41) is 14.3. The molecule has 1 spiro atoms. The number of amides is 3. The third kappa shape index (κ3) is 2.54. The van der Waals surface area contributed by atoms with Crippen LogP contribution in [-0.2, 0) is 19.9 Å². The van der Waals surface area contributed by atoms with Crippen molar-refractivity contribution in [2.24, 2.45) is 11.8 Å². The zero-order valence-electron chi connectivity index (χ0n) is 19.5. The molecule has 0 saturated carbocycles. The maximum absolute atomic E-state index is 14.1. The van der Waals surface area contributed by atoms with Gasteiger partial charge in [0.1, 0.15) is 11.3 Å². The second-order valence-corrected chi connectivity index (χ2v) is 9.76. The number of hydrogen-bond acceptors (Lipinski definition) is 7. The van der Waals surface area contributed by atoms with E-state index in [2.05, 4.69) is 10.2 Å². The van der Waals surface area contributed by atoms with Gasteiger partial charge in [-0.2, -0.15) is 0 Å². The van der Waals surface area contributed by atoms with Crippen LogP contribution >= 0.6 is 0 Å². The van der Waals surface area contributed by atoms with Crippen molar-refractivity contribution in [1.29, 1.82) is 0 Å². The first kappa shape index (κ1) is 21.7. The van der Waals surface area contributed by atoms with Crippen LogP contribution in [0.3, 0.4) is 0 Å². The molecule has 10 heteroatoms. The van der Waals surface area contributed by atoms with Crippen molar-refractivity contribution < 1.29 is 24.0 Å². The van der Waals surface area contributed by atoms with Gasteiger partial charge in [-0.05, 0) is 44.9 Å². The Morgan fingerprint density at radius 3 is 2.63 bits per heavy atom. The lowest BCUT2D eigenvalue weighted by Crippen LogP contribution is -2.54. The van der Waals surface area contributed by atoms with Crippen molar-refractivity contribution in [3.05, 3.63) is 57.1 Å². The molecule has 3 amide bonds. The topological polar surface area (TPSA) is 122 Å². The Balaban J connectivity index is 1.55. The number of aryl methyl sites for hydroxylation is 2. The molecule has 35 heavy (non-hydrogen) atoms. The number of nitro groups is 1. The van der Waals surface area contributed by atoms with E-state index in [1.807, 2.05) is 26.0 Å². The van der Waals surface area contributed by atoms with Crippen LogP contribution < -0.4 is 15.0 Å². The lowest BCUT2D eigenvalue weighted by Gasteiger charge is -2.37. The van der Waals surface area contributed by atoms with Gasteiger partial charge in [-0.3, -0.25) is 29.4 Å². The van der Waals surface area contributed by atoms with E-state index >= 15 is 0 Å². The summed E-state index contributed by atoms with van der Waals surface area (Å²) in [4.78, 5) is 55.6. The Labute approximate surface area is 201 Å². The third-order valence-electron chi connectivity index (χ3n) is 8.06. The lowest BCUT2D eigenvalue weighted by molar-refractivity contribution is -0.384. The third-order valence-corrected chi connectivity index (χ3v) is 8.06. The molecule has 180 valence electrons. The molecule has 10 nitrogen and oxygen atoms in total. The second-order valence-electron chi connectivity index (χ2n) is 9.76. The predicted molar refractivity (Wildman–Crippen MR) is 125 cm³/mol. The summed E-state index contributed by atoms with van der Waals surface area (Å²) in [7, 11) is 1.33. The Kier molecular flexibility index (Phi) is 4.41. The largest absolute Gasteiger partial charge is 0.494 e. The number of fused-ring (bicyclic) bond motifs is 7. The minimum Gasteiger partial charge on any atom is -0.494 e. The molecule has 3 fully saturated rings. The minimum atomic E-state index is -1.27. The molecule has 0 aromatic heterocycles. The molecule has 4 aliphatic heterocycles. The van der Waals surface area contributed by atoms with Crippen LogP contribution in [0.15, 0.2) is 30.3 Å². The van der Waals surface area contributed by atoms with Gasteiger partial charge in [0.05, 0.1) is 35.6 Å². The van der Waals surface area contributed by atoms with Gasteiger partial charge in [0.2, 0.25) is 17.7 Å². The number of nitro benzene ring substituents is 1. The standard InChI is InChI=1S/C25H24N4O6/c1-12-9-13(2)21-15(10-12)25(24(32)26-21)20-19(17-5-4-8-27(17)25)22(30)28(23(20)31)16-7-6-14(29(33)34)11-18(16)35-3/h6-7,9-11,17,19-20H,4-5,8H2,1-3H3,(H,26,32)/t17-,19+,20-,25-/m0/s1. The molecule has 0 bridgehead atoms. The summed E-state index contributed by atoms with van der Waals surface area (Å²) < 4.78 is 5.34. The summed E-state index contributed by atoms with van der Waals surface area (Å²) in [5.74, 6) is -2.69. The highest BCUT2D eigenvalue weighted by Gasteiger charge is 2.74. The van der Waals surface area contributed by atoms with Crippen molar-refractivity contribution in [3.63, 3.8) is 0 Å². The average Bonchev–Trinajstić information content (AvgIpc) is 3.52. The van der Waals surface area contributed by atoms with Crippen LogP contribution in [0.1, 0.15) is 29.5 Å². The van der Waals surface area contributed by atoms with E-state index in [1.165, 1.54) is 25.3 Å². The molecule has 0 unspecified atom stereocenters. The number of imide groups is 1. The molecule has 4 atom stereocenters. The predicted octanol–water partition coefficient (Wildman–Crippen LogP) is 2.65. The number of nitrogens with zero attached hydrogens (tertiary/aromatic N) is 3. The highest BCUT2D eigenvalue weighted by Crippen LogP contribution is 2.61. The summed E-state index contributed by atoms with van der Waals surface area (Å²) >= 11 is 0. The lowest BCUT2D eigenvalue weighted by atomic mass is 9.75. The Hall–Kier alpha value is -3.79. The smallest absolute Gasteiger partial charge is 0.273 e. The van der Waals surface area contributed by atoms with Gasteiger partial charge in [0.25, 0.3) is 5.69 Å².